The number of hydrogen-bond donors (Lipinski definition) is 6. The number of nitrogens with two attached hydrogens (primary N) is 2. The number of primary amides is 1. The van der Waals surface area contributed by atoms with E-state index in [2.05, 4.69) is 16.0 Å². The Morgan fingerprint density at radius 3 is 2.76 bits per heavy atom. The highest BCUT2D eigenvalue weighted by molar-refractivity contribution is 5.90. The minimum atomic E-state index is -0.630. The molecule has 0 aromatic heterocycles. The third-order valence-corrected chi connectivity index (χ3v) is 2.53. The molecule has 0 aliphatic carbocycles. The number of nitrogens with one attached hydrogen (secondary N) is 4. The van der Waals surface area contributed by atoms with Crippen molar-refractivity contribution in [2.24, 2.45) is 11.5 Å². The van der Waals surface area contributed by atoms with Crippen molar-refractivity contribution in [2.75, 3.05) is 13.1 Å². The van der Waals surface area contributed by atoms with Crippen LogP contribution in [0.15, 0.2) is 0 Å². The Bertz CT molecular complexity index is 319. The highest BCUT2D eigenvalue weighted by atomic mass is 16.2. The van der Waals surface area contributed by atoms with Crippen LogP contribution in [0, 0.1) is 5.41 Å². The highest BCUT2D eigenvalue weighted by Gasteiger charge is 2.29. The lowest BCUT2D eigenvalue weighted by Gasteiger charge is -2.28. The van der Waals surface area contributed by atoms with Gasteiger partial charge in [0.05, 0.1) is 6.04 Å². The number of carbonyl (C=O) groups is 2. The Hall–Kier alpha value is -1.83. The molecule has 0 bridgehead atoms. The molecule has 17 heavy (non-hydrogen) atoms. The van der Waals surface area contributed by atoms with Gasteiger partial charge in [-0.05, 0) is 12.8 Å². The van der Waals surface area contributed by atoms with Gasteiger partial charge in [-0.1, -0.05) is 0 Å². The zero-order valence-electron chi connectivity index (χ0n) is 9.45. The van der Waals surface area contributed by atoms with Crippen LogP contribution in [0.1, 0.15) is 12.8 Å². The summed E-state index contributed by atoms with van der Waals surface area (Å²) in [5, 5.41) is 15.1. The number of rotatable bonds is 5. The normalized spacial score (nSPS) is 23.9. The van der Waals surface area contributed by atoms with Crippen molar-refractivity contribution >= 4 is 17.8 Å². The molecule has 8 N–H and O–H groups in total. The molecule has 2 amide bonds. The number of guanidine groups is 1. The standard InChI is InChI=1S/C9H18N6O2/c10-7(16)6-4-14-5(8(17)15-6)2-1-3-13-9(11)12/h5-6,14H,1-4H2,(H2,10,16)(H,15,17)(H4,11,12,13)/t5-,6+/m0/s1. The zero-order chi connectivity index (χ0) is 12.8. The maximum Gasteiger partial charge on any atom is 0.241 e. The van der Waals surface area contributed by atoms with Crippen LogP contribution >= 0.6 is 0 Å². The average molecular weight is 242 g/mol. The molecule has 96 valence electrons. The predicted octanol–water partition coefficient (Wildman–Crippen LogP) is -2.81. The third-order valence-electron chi connectivity index (χ3n) is 2.53. The van der Waals surface area contributed by atoms with Gasteiger partial charge in [-0.3, -0.25) is 15.0 Å². The maximum absolute atomic E-state index is 11.6. The summed E-state index contributed by atoms with van der Waals surface area (Å²) in [6.45, 7) is 0.895. The van der Waals surface area contributed by atoms with Crippen molar-refractivity contribution in [3.8, 4) is 0 Å². The topological polar surface area (TPSA) is 146 Å². The second kappa shape index (κ2) is 6.04. The number of piperazine rings is 1. The molecule has 1 saturated heterocycles. The summed E-state index contributed by atoms with van der Waals surface area (Å²) in [5.74, 6) is -0.842. The maximum atomic E-state index is 11.6. The Balaban J connectivity index is 2.25. The molecule has 0 aromatic rings. The van der Waals surface area contributed by atoms with Gasteiger partial charge in [0.25, 0.3) is 0 Å². The smallest absolute Gasteiger partial charge is 0.241 e. The number of amides is 2. The second-order valence-corrected chi connectivity index (χ2v) is 3.91. The van der Waals surface area contributed by atoms with E-state index >= 15 is 0 Å². The molecule has 1 heterocycles. The van der Waals surface area contributed by atoms with Crippen molar-refractivity contribution in [1.29, 1.82) is 5.41 Å². The summed E-state index contributed by atoms with van der Waals surface area (Å²) in [7, 11) is 0. The van der Waals surface area contributed by atoms with Crippen molar-refractivity contribution in [3.63, 3.8) is 0 Å². The molecule has 8 heteroatoms. The molecule has 0 radical (unpaired) electrons. The average Bonchev–Trinajstić information content (AvgIpc) is 2.25. The van der Waals surface area contributed by atoms with E-state index in [9.17, 15) is 9.59 Å². The van der Waals surface area contributed by atoms with Crippen molar-refractivity contribution < 1.29 is 9.59 Å². The van der Waals surface area contributed by atoms with Gasteiger partial charge >= 0.3 is 0 Å². The van der Waals surface area contributed by atoms with Gasteiger partial charge in [0.1, 0.15) is 6.04 Å². The second-order valence-electron chi connectivity index (χ2n) is 3.91. The molecule has 1 aliphatic rings. The minimum Gasteiger partial charge on any atom is -0.370 e. The first-order valence-corrected chi connectivity index (χ1v) is 5.41. The fraction of sp³-hybridized carbons (Fsp3) is 0.667. The van der Waals surface area contributed by atoms with Crippen LogP contribution in [-0.4, -0.2) is 42.9 Å². The largest absolute Gasteiger partial charge is 0.370 e. The monoisotopic (exact) mass is 242 g/mol. The SMILES string of the molecule is N=C(N)NCCC[C@@H]1NC[C@H](C(N)=O)NC1=O. The quantitative estimate of drug-likeness (QED) is 0.175. The number of carbonyl (C=O) groups excluding carboxylic acids is 2. The molecular weight excluding hydrogens is 224 g/mol. The van der Waals surface area contributed by atoms with Gasteiger partial charge in [-0.25, -0.2) is 0 Å². The van der Waals surface area contributed by atoms with Gasteiger partial charge in [-0.2, -0.15) is 0 Å². The lowest BCUT2D eigenvalue weighted by atomic mass is 10.1. The molecule has 1 fully saturated rings. The van der Waals surface area contributed by atoms with Crippen LogP contribution in [0.3, 0.4) is 0 Å². The van der Waals surface area contributed by atoms with E-state index in [4.69, 9.17) is 16.9 Å². The van der Waals surface area contributed by atoms with E-state index < -0.39 is 11.9 Å². The Kier molecular flexibility index (Phi) is 4.70. The van der Waals surface area contributed by atoms with Gasteiger partial charge in [0.2, 0.25) is 11.8 Å². The lowest BCUT2D eigenvalue weighted by Crippen LogP contribution is -2.62. The Morgan fingerprint density at radius 2 is 2.24 bits per heavy atom. The van der Waals surface area contributed by atoms with Crippen LogP contribution in [-0.2, 0) is 9.59 Å². The van der Waals surface area contributed by atoms with E-state index in [0.717, 1.165) is 0 Å². The van der Waals surface area contributed by atoms with Crippen molar-refractivity contribution in [3.05, 3.63) is 0 Å². The van der Waals surface area contributed by atoms with Gasteiger partial charge in [0.15, 0.2) is 5.96 Å². The first kappa shape index (κ1) is 13.2. The Morgan fingerprint density at radius 1 is 1.53 bits per heavy atom. The van der Waals surface area contributed by atoms with Crippen molar-refractivity contribution in [2.45, 2.75) is 24.9 Å². The molecule has 2 atom stereocenters. The van der Waals surface area contributed by atoms with Crippen LogP contribution in [0.2, 0.25) is 0 Å². The van der Waals surface area contributed by atoms with E-state index in [1.54, 1.807) is 0 Å². The van der Waals surface area contributed by atoms with Crippen LogP contribution in [0.25, 0.3) is 0 Å². The Labute approximate surface area is 99.0 Å². The highest BCUT2D eigenvalue weighted by Crippen LogP contribution is 2.02. The van der Waals surface area contributed by atoms with Crippen molar-refractivity contribution in [1.82, 2.24) is 16.0 Å². The fourth-order valence-corrected chi connectivity index (χ4v) is 1.61. The summed E-state index contributed by atoms with van der Waals surface area (Å²) in [6, 6.07) is -0.951. The summed E-state index contributed by atoms with van der Waals surface area (Å²) in [4.78, 5) is 22.4. The zero-order valence-corrected chi connectivity index (χ0v) is 9.45. The predicted molar refractivity (Wildman–Crippen MR) is 62.1 cm³/mol. The van der Waals surface area contributed by atoms with Crippen LogP contribution < -0.4 is 27.4 Å². The summed E-state index contributed by atoms with van der Waals surface area (Å²) in [5.41, 5.74) is 10.2. The van der Waals surface area contributed by atoms with Crippen LogP contribution in [0.4, 0.5) is 0 Å². The molecule has 1 aliphatic heterocycles. The molecule has 1 rings (SSSR count). The van der Waals surface area contributed by atoms with Gasteiger partial charge < -0.3 is 27.4 Å². The minimum absolute atomic E-state index is 0.0835. The van der Waals surface area contributed by atoms with E-state index in [-0.39, 0.29) is 17.9 Å². The molecule has 8 nitrogen and oxygen atoms in total. The molecular formula is C9H18N6O2. The van der Waals surface area contributed by atoms with E-state index in [0.29, 0.717) is 25.9 Å². The lowest BCUT2D eigenvalue weighted by molar-refractivity contribution is -0.130. The fourth-order valence-electron chi connectivity index (χ4n) is 1.61. The first-order valence-electron chi connectivity index (χ1n) is 5.41. The van der Waals surface area contributed by atoms with Gasteiger partial charge in [0, 0.05) is 13.1 Å². The van der Waals surface area contributed by atoms with E-state index in [1.807, 2.05) is 0 Å². The third kappa shape index (κ3) is 4.27. The summed E-state index contributed by atoms with van der Waals surface area (Å²) < 4.78 is 0. The number of hydrogen-bond acceptors (Lipinski definition) is 4. The first-order chi connectivity index (χ1) is 8.00. The molecule has 0 aromatic carbocycles. The van der Waals surface area contributed by atoms with E-state index in [1.165, 1.54) is 0 Å². The molecule has 0 spiro atoms. The van der Waals surface area contributed by atoms with Gasteiger partial charge in [-0.15, -0.1) is 0 Å². The molecule has 0 saturated carbocycles. The van der Waals surface area contributed by atoms with Crippen LogP contribution in [0.5, 0.6) is 0 Å². The molecule has 0 unspecified atom stereocenters. The summed E-state index contributed by atoms with van der Waals surface area (Å²) in [6.07, 6.45) is 1.31. The summed E-state index contributed by atoms with van der Waals surface area (Å²) >= 11 is 0.